The molecule has 0 amide bonds. The smallest absolute Gasteiger partial charge is 0.0178 e. The van der Waals surface area contributed by atoms with Crippen LogP contribution < -0.4 is 5.32 Å². The molecule has 1 fully saturated rings. The van der Waals surface area contributed by atoms with E-state index in [1.165, 1.54) is 29.3 Å². The summed E-state index contributed by atoms with van der Waals surface area (Å²) >= 11 is 3.57. The molecule has 1 aliphatic carbocycles. The van der Waals surface area contributed by atoms with Crippen LogP contribution in [0, 0.1) is 5.92 Å². The predicted octanol–water partition coefficient (Wildman–Crippen LogP) is 3.94. The minimum atomic E-state index is 0.700. The third-order valence-electron chi connectivity index (χ3n) is 3.61. The van der Waals surface area contributed by atoms with Crippen molar-refractivity contribution in [1.82, 2.24) is 5.32 Å². The minimum Gasteiger partial charge on any atom is -0.316 e. The maximum absolute atomic E-state index is 3.57. The van der Waals surface area contributed by atoms with Crippen molar-refractivity contribution in [2.45, 2.75) is 32.1 Å². The molecule has 1 N–H and O–H groups in total. The molecule has 1 atom stereocenters. The zero-order valence-electron chi connectivity index (χ0n) is 9.88. The van der Waals surface area contributed by atoms with Crippen LogP contribution in [-0.2, 0) is 0 Å². The van der Waals surface area contributed by atoms with Gasteiger partial charge in [-0.05, 0) is 48.9 Å². The molecule has 2 heteroatoms. The largest absolute Gasteiger partial charge is 0.316 e. The van der Waals surface area contributed by atoms with Gasteiger partial charge in [0, 0.05) is 11.0 Å². The minimum absolute atomic E-state index is 0.700. The third kappa shape index (κ3) is 2.86. The van der Waals surface area contributed by atoms with Gasteiger partial charge in [-0.2, -0.15) is 0 Å². The number of benzene rings is 1. The van der Waals surface area contributed by atoms with Crippen LogP contribution in [0.25, 0.3) is 0 Å². The molecule has 0 aliphatic heterocycles. The van der Waals surface area contributed by atoms with Gasteiger partial charge >= 0.3 is 0 Å². The van der Waals surface area contributed by atoms with Gasteiger partial charge in [-0.3, -0.25) is 0 Å². The standard InChI is InChI=1S/C14H20BrN/c1-2-16-10-14(11-5-3-6-11)12-7-4-8-13(15)9-12/h4,7-9,11,14,16H,2-3,5-6,10H2,1H3. The van der Waals surface area contributed by atoms with Gasteiger partial charge in [0.05, 0.1) is 0 Å². The highest BCUT2D eigenvalue weighted by Crippen LogP contribution is 2.39. The molecule has 0 aromatic heterocycles. The van der Waals surface area contributed by atoms with Crippen LogP contribution in [-0.4, -0.2) is 13.1 Å². The van der Waals surface area contributed by atoms with Crippen LogP contribution in [0.2, 0.25) is 0 Å². The Morgan fingerprint density at radius 3 is 2.81 bits per heavy atom. The third-order valence-corrected chi connectivity index (χ3v) is 4.10. The van der Waals surface area contributed by atoms with Crippen molar-refractivity contribution in [1.29, 1.82) is 0 Å². The molecule has 0 spiro atoms. The van der Waals surface area contributed by atoms with E-state index in [-0.39, 0.29) is 0 Å². The lowest BCUT2D eigenvalue weighted by atomic mass is 9.73. The number of hydrogen-bond donors (Lipinski definition) is 1. The van der Waals surface area contributed by atoms with Crippen LogP contribution >= 0.6 is 15.9 Å². The van der Waals surface area contributed by atoms with Gasteiger partial charge in [0.25, 0.3) is 0 Å². The number of nitrogens with one attached hydrogen (secondary N) is 1. The van der Waals surface area contributed by atoms with Crippen molar-refractivity contribution in [2.75, 3.05) is 13.1 Å². The molecule has 1 saturated carbocycles. The molecule has 1 aliphatic rings. The monoisotopic (exact) mass is 281 g/mol. The molecule has 1 aromatic rings. The second-order valence-electron chi connectivity index (χ2n) is 4.66. The second-order valence-corrected chi connectivity index (χ2v) is 5.58. The maximum Gasteiger partial charge on any atom is 0.0178 e. The molecule has 16 heavy (non-hydrogen) atoms. The summed E-state index contributed by atoms with van der Waals surface area (Å²) in [5, 5.41) is 3.50. The second kappa shape index (κ2) is 5.83. The summed E-state index contributed by atoms with van der Waals surface area (Å²) in [5.74, 6) is 1.60. The van der Waals surface area contributed by atoms with Gasteiger partial charge in [-0.1, -0.05) is 41.4 Å². The molecule has 1 aromatic carbocycles. The Morgan fingerprint density at radius 2 is 2.25 bits per heavy atom. The Balaban J connectivity index is 2.10. The van der Waals surface area contributed by atoms with E-state index in [1.54, 1.807) is 0 Å². The van der Waals surface area contributed by atoms with E-state index in [0.717, 1.165) is 19.0 Å². The number of likely N-dealkylation sites (N-methyl/N-ethyl adjacent to an activating group) is 1. The van der Waals surface area contributed by atoms with Crippen molar-refractivity contribution in [3.05, 3.63) is 34.3 Å². The van der Waals surface area contributed by atoms with Crippen molar-refractivity contribution in [3.63, 3.8) is 0 Å². The Morgan fingerprint density at radius 1 is 1.44 bits per heavy atom. The Bertz CT molecular complexity index is 333. The van der Waals surface area contributed by atoms with Crippen molar-refractivity contribution in [2.24, 2.45) is 5.92 Å². The first kappa shape index (κ1) is 12.1. The lowest BCUT2D eigenvalue weighted by Gasteiger charge is -2.34. The van der Waals surface area contributed by atoms with Gasteiger partial charge in [-0.15, -0.1) is 0 Å². The quantitative estimate of drug-likeness (QED) is 0.862. The van der Waals surface area contributed by atoms with Crippen LogP contribution in [0.15, 0.2) is 28.7 Å². The van der Waals surface area contributed by atoms with E-state index in [4.69, 9.17) is 0 Å². The summed E-state index contributed by atoms with van der Waals surface area (Å²) in [4.78, 5) is 0. The highest BCUT2D eigenvalue weighted by atomic mass is 79.9. The molecular formula is C14H20BrN. The van der Waals surface area contributed by atoms with Crippen LogP contribution in [0.3, 0.4) is 0 Å². The predicted molar refractivity (Wildman–Crippen MR) is 72.8 cm³/mol. The summed E-state index contributed by atoms with van der Waals surface area (Å²) in [6.45, 7) is 4.37. The summed E-state index contributed by atoms with van der Waals surface area (Å²) in [5.41, 5.74) is 1.49. The van der Waals surface area contributed by atoms with Crippen LogP contribution in [0.4, 0.5) is 0 Å². The summed E-state index contributed by atoms with van der Waals surface area (Å²) in [6.07, 6.45) is 4.23. The number of halogens is 1. The average molecular weight is 282 g/mol. The van der Waals surface area contributed by atoms with Gasteiger partial charge in [-0.25, -0.2) is 0 Å². The van der Waals surface area contributed by atoms with E-state index in [2.05, 4.69) is 52.4 Å². The molecular weight excluding hydrogens is 262 g/mol. The first-order valence-corrected chi connectivity index (χ1v) is 7.06. The molecule has 88 valence electrons. The Kier molecular flexibility index (Phi) is 4.42. The first-order valence-electron chi connectivity index (χ1n) is 6.27. The van der Waals surface area contributed by atoms with E-state index in [0.29, 0.717) is 5.92 Å². The van der Waals surface area contributed by atoms with E-state index in [1.807, 2.05) is 0 Å². The SMILES string of the molecule is CCNCC(c1cccc(Br)c1)C1CCC1. The van der Waals surface area contributed by atoms with Gasteiger partial charge in [0.1, 0.15) is 0 Å². The molecule has 1 unspecified atom stereocenters. The average Bonchev–Trinajstić information content (AvgIpc) is 2.21. The Hall–Kier alpha value is -0.340. The fraction of sp³-hybridized carbons (Fsp3) is 0.571. The molecule has 0 radical (unpaired) electrons. The summed E-state index contributed by atoms with van der Waals surface area (Å²) in [7, 11) is 0. The van der Waals surface area contributed by atoms with E-state index < -0.39 is 0 Å². The normalized spacial score (nSPS) is 18.1. The maximum atomic E-state index is 3.57. The van der Waals surface area contributed by atoms with Crippen molar-refractivity contribution >= 4 is 15.9 Å². The lowest BCUT2D eigenvalue weighted by Crippen LogP contribution is -2.30. The van der Waals surface area contributed by atoms with Gasteiger partial charge in [0.15, 0.2) is 0 Å². The fourth-order valence-corrected chi connectivity index (χ4v) is 2.85. The topological polar surface area (TPSA) is 12.0 Å². The molecule has 0 bridgehead atoms. The van der Waals surface area contributed by atoms with E-state index >= 15 is 0 Å². The molecule has 2 rings (SSSR count). The number of rotatable bonds is 5. The Labute approximate surface area is 107 Å². The number of hydrogen-bond acceptors (Lipinski definition) is 1. The van der Waals surface area contributed by atoms with E-state index in [9.17, 15) is 0 Å². The van der Waals surface area contributed by atoms with Crippen molar-refractivity contribution in [3.8, 4) is 0 Å². The summed E-state index contributed by atoms with van der Waals surface area (Å²) < 4.78 is 1.20. The first-order chi connectivity index (χ1) is 7.81. The molecule has 1 nitrogen and oxygen atoms in total. The molecule has 0 saturated heterocycles. The summed E-state index contributed by atoms with van der Waals surface area (Å²) in [6, 6.07) is 8.80. The zero-order chi connectivity index (χ0) is 11.4. The van der Waals surface area contributed by atoms with Crippen LogP contribution in [0.5, 0.6) is 0 Å². The lowest BCUT2D eigenvalue weighted by molar-refractivity contribution is 0.255. The van der Waals surface area contributed by atoms with Gasteiger partial charge < -0.3 is 5.32 Å². The van der Waals surface area contributed by atoms with Crippen LogP contribution in [0.1, 0.15) is 37.7 Å². The fourth-order valence-electron chi connectivity index (χ4n) is 2.44. The highest BCUT2D eigenvalue weighted by Gasteiger charge is 2.27. The zero-order valence-corrected chi connectivity index (χ0v) is 11.5. The van der Waals surface area contributed by atoms with Crippen molar-refractivity contribution < 1.29 is 0 Å². The highest BCUT2D eigenvalue weighted by molar-refractivity contribution is 9.10. The van der Waals surface area contributed by atoms with Gasteiger partial charge in [0.2, 0.25) is 0 Å². The molecule has 0 heterocycles.